The van der Waals surface area contributed by atoms with Crippen molar-refractivity contribution in [1.82, 2.24) is 0 Å². The molecule has 0 spiro atoms. The minimum absolute atomic E-state index is 0.0984. The Morgan fingerprint density at radius 2 is 1.75 bits per heavy atom. The van der Waals surface area contributed by atoms with E-state index in [1.807, 2.05) is 24.3 Å². The second kappa shape index (κ2) is 5.35. The maximum atomic E-state index is 6.01. The second-order valence-electron chi connectivity index (χ2n) is 5.65. The summed E-state index contributed by atoms with van der Waals surface area (Å²) in [4.78, 5) is 0. The van der Waals surface area contributed by atoms with E-state index < -0.39 is 0 Å². The molecule has 0 aliphatic heterocycles. The molecule has 1 aromatic carbocycles. The Morgan fingerprint density at radius 1 is 1.19 bits per heavy atom. The fourth-order valence-electron chi connectivity index (χ4n) is 1.68. The lowest BCUT2D eigenvalue weighted by molar-refractivity contribution is 0.241. The van der Waals surface area contributed by atoms with Gasteiger partial charge in [0.25, 0.3) is 0 Å². The lowest BCUT2D eigenvalue weighted by Crippen LogP contribution is -2.32. The van der Waals surface area contributed by atoms with Crippen molar-refractivity contribution in [2.24, 2.45) is 11.1 Å². The van der Waals surface area contributed by atoms with Crippen LogP contribution in [0.4, 0.5) is 0 Å². The highest BCUT2D eigenvalue weighted by molar-refractivity contribution is 5.26. The van der Waals surface area contributed by atoms with Crippen LogP contribution in [0.5, 0.6) is 5.75 Å². The number of nitrogens with two attached hydrogens (primary N) is 1. The summed E-state index contributed by atoms with van der Waals surface area (Å²) in [6, 6.07) is 8.16. The minimum Gasteiger partial charge on any atom is -0.492 e. The van der Waals surface area contributed by atoms with Gasteiger partial charge in [-0.2, -0.15) is 0 Å². The number of benzene rings is 1. The minimum atomic E-state index is 0.0984. The summed E-state index contributed by atoms with van der Waals surface area (Å²) < 4.78 is 5.64. The highest BCUT2D eigenvalue weighted by Gasteiger charge is 2.15. The molecule has 2 nitrogen and oxygen atoms in total. The topological polar surface area (TPSA) is 35.2 Å². The largest absolute Gasteiger partial charge is 0.492 e. The van der Waals surface area contributed by atoms with Crippen molar-refractivity contribution in [3.8, 4) is 5.75 Å². The molecule has 2 heteroatoms. The number of hydrogen-bond acceptors (Lipinski definition) is 2. The molecule has 0 heterocycles. The van der Waals surface area contributed by atoms with Crippen LogP contribution < -0.4 is 10.5 Å². The van der Waals surface area contributed by atoms with Gasteiger partial charge in [0.1, 0.15) is 12.4 Å². The van der Waals surface area contributed by atoms with Crippen molar-refractivity contribution < 1.29 is 4.74 Å². The van der Waals surface area contributed by atoms with Crippen molar-refractivity contribution in [3.63, 3.8) is 0 Å². The molecule has 1 aromatic rings. The fourth-order valence-corrected chi connectivity index (χ4v) is 1.68. The van der Waals surface area contributed by atoms with Crippen LogP contribution in [0.1, 0.15) is 32.8 Å². The van der Waals surface area contributed by atoms with Crippen molar-refractivity contribution in [3.05, 3.63) is 29.8 Å². The first kappa shape index (κ1) is 13.0. The van der Waals surface area contributed by atoms with Crippen LogP contribution in [0.15, 0.2) is 24.3 Å². The summed E-state index contributed by atoms with van der Waals surface area (Å²) in [6.45, 7) is 9.23. The van der Waals surface area contributed by atoms with Gasteiger partial charge in [-0.15, -0.1) is 0 Å². The highest BCUT2D eigenvalue weighted by atomic mass is 16.5. The maximum Gasteiger partial charge on any atom is 0.119 e. The van der Waals surface area contributed by atoms with Crippen molar-refractivity contribution in [1.29, 1.82) is 0 Å². The highest BCUT2D eigenvalue weighted by Crippen LogP contribution is 2.20. The van der Waals surface area contributed by atoms with Gasteiger partial charge in [-0.05, 0) is 30.9 Å². The van der Waals surface area contributed by atoms with Crippen molar-refractivity contribution in [2.75, 3.05) is 6.61 Å². The van der Waals surface area contributed by atoms with Gasteiger partial charge in [-0.3, -0.25) is 0 Å². The molecule has 1 unspecified atom stereocenters. The zero-order chi connectivity index (χ0) is 12.2. The number of hydrogen-bond donors (Lipinski definition) is 1. The van der Waals surface area contributed by atoms with Gasteiger partial charge in [0.15, 0.2) is 0 Å². The zero-order valence-electron chi connectivity index (χ0n) is 10.8. The van der Waals surface area contributed by atoms with Crippen LogP contribution in [-0.2, 0) is 0 Å². The van der Waals surface area contributed by atoms with Gasteiger partial charge in [-0.1, -0.05) is 38.5 Å². The average molecular weight is 221 g/mol. The summed E-state index contributed by atoms with van der Waals surface area (Å²) in [7, 11) is 0. The van der Waals surface area contributed by atoms with Crippen LogP contribution in [0, 0.1) is 12.3 Å². The third-order valence-corrected chi connectivity index (χ3v) is 2.36. The summed E-state index contributed by atoms with van der Waals surface area (Å²) in [6.07, 6.45) is 0.971. The van der Waals surface area contributed by atoms with E-state index in [1.54, 1.807) is 0 Å². The number of aryl methyl sites for hydroxylation is 1. The van der Waals surface area contributed by atoms with E-state index in [2.05, 4.69) is 27.7 Å². The maximum absolute atomic E-state index is 6.01. The van der Waals surface area contributed by atoms with Crippen LogP contribution in [0.2, 0.25) is 0 Å². The Balaban J connectivity index is 2.37. The molecule has 2 N–H and O–H groups in total. The molecule has 0 bridgehead atoms. The zero-order valence-corrected chi connectivity index (χ0v) is 10.8. The molecule has 0 saturated heterocycles. The van der Waals surface area contributed by atoms with Gasteiger partial charge in [0.05, 0.1) is 0 Å². The number of ether oxygens (including phenoxy) is 1. The first-order chi connectivity index (χ1) is 7.37. The summed E-state index contributed by atoms with van der Waals surface area (Å²) in [5.74, 6) is 0.898. The molecule has 90 valence electrons. The molecule has 0 fully saturated rings. The Bertz CT molecular complexity index is 311. The van der Waals surface area contributed by atoms with E-state index in [9.17, 15) is 0 Å². The van der Waals surface area contributed by atoms with Crippen LogP contribution >= 0.6 is 0 Å². The molecular weight excluding hydrogens is 198 g/mol. The molecule has 0 amide bonds. The SMILES string of the molecule is Cc1ccc(OCC(N)CC(C)(C)C)cc1. The molecule has 0 aromatic heterocycles. The van der Waals surface area contributed by atoms with Crippen LogP contribution in [0.25, 0.3) is 0 Å². The Labute approximate surface area is 98.8 Å². The molecule has 0 aliphatic rings. The van der Waals surface area contributed by atoms with E-state index in [-0.39, 0.29) is 11.5 Å². The summed E-state index contributed by atoms with van der Waals surface area (Å²) in [5, 5.41) is 0. The second-order valence-corrected chi connectivity index (χ2v) is 5.65. The Morgan fingerprint density at radius 3 is 2.25 bits per heavy atom. The number of rotatable bonds is 4. The third kappa shape index (κ3) is 5.17. The summed E-state index contributed by atoms with van der Waals surface area (Å²) >= 11 is 0. The predicted octanol–water partition coefficient (Wildman–Crippen LogP) is 3.14. The lowest BCUT2D eigenvalue weighted by atomic mass is 9.89. The first-order valence-electron chi connectivity index (χ1n) is 5.82. The molecule has 0 aliphatic carbocycles. The standard InChI is InChI=1S/C14H23NO/c1-11-5-7-13(8-6-11)16-10-12(15)9-14(2,3)4/h5-8,12H,9-10,15H2,1-4H3. The van der Waals surface area contributed by atoms with E-state index >= 15 is 0 Å². The average Bonchev–Trinajstić information content (AvgIpc) is 2.14. The van der Waals surface area contributed by atoms with E-state index in [0.29, 0.717) is 6.61 Å². The molecule has 0 saturated carbocycles. The Hall–Kier alpha value is -1.02. The fraction of sp³-hybridized carbons (Fsp3) is 0.571. The monoisotopic (exact) mass is 221 g/mol. The van der Waals surface area contributed by atoms with E-state index in [1.165, 1.54) is 5.56 Å². The van der Waals surface area contributed by atoms with Gasteiger partial charge >= 0.3 is 0 Å². The molecule has 1 atom stereocenters. The smallest absolute Gasteiger partial charge is 0.119 e. The molecular formula is C14H23NO. The van der Waals surface area contributed by atoms with Gasteiger partial charge in [-0.25, -0.2) is 0 Å². The lowest BCUT2D eigenvalue weighted by Gasteiger charge is -2.23. The molecule has 0 radical (unpaired) electrons. The summed E-state index contributed by atoms with van der Waals surface area (Å²) in [5.41, 5.74) is 7.51. The van der Waals surface area contributed by atoms with E-state index in [4.69, 9.17) is 10.5 Å². The van der Waals surface area contributed by atoms with E-state index in [0.717, 1.165) is 12.2 Å². The van der Waals surface area contributed by atoms with Crippen molar-refractivity contribution >= 4 is 0 Å². The van der Waals surface area contributed by atoms with Gasteiger partial charge in [0.2, 0.25) is 0 Å². The van der Waals surface area contributed by atoms with Crippen molar-refractivity contribution in [2.45, 2.75) is 40.2 Å². The van der Waals surface area contributed by atoms with Crippen LogP contribution in [-0.4, -0.2) is 12.6 Å². The molecule has 1 rings (SSSR count). The Kier molecular flexibility index (Phi) is 4.36. The van der Waals surface area contributed by atoms with Gasteiger partial charge < -0.3 is 10.5 Å². The third-order valence-electron chi connectivity index (χ3n) is 2.36. The normalized spacial score (nSPS) is 13.6. The van der Waals surface area contributed by atoms with Crippen LogP contribution in [0.3, 0.4) is 0 Å². The predicted molar refractivity (Wildman–Crippen MR) is 68.7 cm³/mol. The van der Waals surface area contributed by atoms with Gasteiger partial charge in [0, 0.05) is 6.04 Å². The molecule has 16 heavy (non-hydrogen) atoms. The first-order valence-corrected chi connectivity index (χ1v) is 5.82. The quantitative estimate of drug-likeness (QED) is 0.847.